The Bertz CT molecular complexity index is 1200. The minimum atomic E-state index is -0.278. The molecule has 0 N–H and O–H groups in total. The molecular formula is C30H37ClFN3O3. The number of aryl methyl sites for hydroxylation is 1. The third-order valence-corrected chi connectivity index (χ3v) is 8.64. The van der Waals surface area contributed by atoms with Crippen LogP contribution < -0.4 is 4.74 Å². The zero-order valence-electron chi connectivity index (χ0n) is 22.3. The smallest absolute Gasteiger partial charge is 0.327 e. The Morgan fingerprint density at radius 3 is 2.61 bits per heavy atom. The summed E-state index contributed by atoms with van der Waals surface area (Å²) < 4.78 is 20.7. The predicted octanol–water partition coefficient (Wildman–Crippen LogP) is 6.13. The molecule has 204 valence electrons. The fraction of sp³-hybridized carbons (Fsp3) is 0.533. The van der Waals surface area contributed by atoms with Gasteiger partial charge in [-0.25, -0.2) is 9.18 Å². The Kier molecular flexibility index (Phi) is 8.24. The molecule has 1 heterocycles. The van der Waals surface area contributed by atoms with Gasteiger partial charge in [0, 0.05) is 26.2 Å². The largest absolute Gasteiger partial charge is 0.491 e. The standard InChI is InChI=1S/C30H37ClFN3O3/c1-20-16-22(8-13-27(20)38-15-14-35-28(36)19-33(2)30(35)37)18-34(17-21-6-4-3-5-7-21)26-12-10-24-23(26)9-11-25(31)29(24)32/h8-9,11,13,16,21,26H,3-7,10,12,14-15,17-19H2,1-2H3/t26-/m0/s1. The highest BCUT2D eigenvalue weighted by Gasteiger charge is 2.34. The summed E-state index contributed by atoms with van der Waals surface area (Å²) >= 11 is 6.09. The van der Waals surface area contributed by atoms with Gasteiger partial charge in [0.25, 0.3) is 0 Å². The van der Waals surface area contributed by atoms with Crippen molar-refractivity contribution in [3.8, 4) is 5.75 Å². The fourth-order valence-corrected chi connectivity index (χ4v) is 6.51. The average molecular weight is 542 g/mol. The van der Waals surface area contributed by atoms with Crippen molar-refractivity contribution >= 4 is 23.5 Å². The molecular weight excluding hydrogens is 505 g/mol. The van der Waals surface area contributed by atoms with Crippen molar-refractivity contribution in [2.24, 2.45) is 5.92 Å². The van der Waals surface area contributed by atoms with E-state index in [0.29, 0.717) is 5.92 Å². The predicted molar refractivity (Wildman–Crippen MR) is 146 cm³/mol. The van der Waals surface area contributed by atoms with E-state index in [1.54, 1.807) is 13.1 Å². The summed E-state index contributed by atoms with van der Waals surface area (Å²) in [6.07, 6.45) is 8.05. The van der Waals surface area contributed by atoms with E-state index in [0.717, 1.165) is 48.4 Å². The monoisotopic (exact) mass is 541 g/mol. The van der Waals surface area contributed by atoms with Crippen LogP contribution in [0.25, 0.3) is 0 Å². The number of halogens is 2. The highest BCUT2D eigenvalue weighted by atomic mass is 35.5. The summed E-state index contributed by atoms with van der Waals surface area (Å²) in [5.74, 6) is 0.971. The zero-order valence-corrected chi connectivity index (χ0v) is 23.1. The topological polar surface area (TPSA) is 53.1 Å². The van der Waals surface area contributed by atoms with Crippen LogP contribution in [0, 0.1) is 18.7 Å². The summed E-state index contributed by atoms with van der Waals surface area (Å²) in [5, 5.41) is 0.208. The van der Waals surface area contributed by atoms with E-state index in [-0.39, 0.29) is 48.5 Å². The molecule has 8 heteroatoms. The molecule has 2 aromatic carbocycles. The molecule has 0 radical (unpaired) electrons. The fourth-order valence-electron chi connectivity index (χ4n) is 6.34. The van der Waals surface area contributed by atoms with Crippen molar-refractivity contribution in [2.45, 2.75) is 64.5 Å². The number of benzene rings is 2. The number of carbonyl (C=O) groups excluding carboxylic acids is 2. The van der Waals surface area contributed by atoms with Gasteiger partial charge in [-0.2, -0.15) is 0 Å². The van der Waals surface area contributed by atoms with Crippen molar-refractivity contribution in [3.63, 3.8) is 0 Å². The SMILES string of the molecule is Cc1cc(CN(CC2CCCCC2)[C@H]2CCc3c2ccc(Cl)c3F)ccc1OCCN1C(=O)CN(C)C1=O. The number of nitrogens with zero attached hydrogens (tertiary/aromatic N) is 3. The van der Waals surface area contributed by atoms with E-state index >= 15 is 0 Å². The highest BCUT2D eigenvalue weighted by Crippen LogP contribution is 2.41. The second kappa shape index (κ2) is 11.6. The van der Waals surface area contributed by atoms with Crippen molar-refractivity contribution in [1.82, 2.24) is 14.7 Å². The van der Waals surface area contributed by atoms with Crippen LogP contribution in [-0.2, 0) is 17.8 Å². The first-order valence-electron chi connectivity index (χ1n) is 13.8. The normalized spacial score (nSPS) is 20.1. The van der Waals surface area contributed by atoms with Crippen LogP contribution in [-0.4, -0.2) is 59.9 Å². The maximum absolute atomic E-state index is 14.8. The Morgan fingerprint density at radius 2 is 1.89 bits per heavy atom. The van der Waals surface area contributed by atoms with E-state index in [1.165, 1.54) is 47.5 Å². The van der Waals surface area contributed by atoms with Crippen molar-refractivity contribution in [3.05, 3.63) is 63.4 Å². The average Bonchev–Trinajstić information content (AvgIpc) is 3.44. The molecule has 1 saturated carbocycles. The molecule has 2 fully saturated rings. The third-order valence-electron chi connectivity index (χ3n) is 8.35. The van der Waals surface area contributed by atoms with Crippen LogP contribution >= 0.6 is 11.6 Å². The molecule has 2 aromatic rings. The van der Waals surface area contributed by atoms with Crippen molar-refractivity contribution < 1.29 is 18.7 Å². The van der Waals surface area contributed by atoms with Gasteiger partial charge in [-0.15, -0.1) is 0 Å². The van der Waals surface area contributed by atoms with Gasteiger partial charge >= 0.3 is 6.03 Å². The van der Waals surface area contributed by atoms with Gasteiger partial charge in [-0.3, -0.25) is 14.6 Å². The number of imide groups is 1. The second-order valence-corrected chi connectivity index (χ2v) is 11.5. The molecule has 1 aliphatic heterocycles. The molecule has 38 heavy (non-hydrogen) atoms. The Hall–Kier alpha value is -2.64. The molecule has 0 unspecified atom stereocenters. The molecule has 1 atom stereocenters. The lowest BCUT2D eigenvalue weighted by molar-refractivity contribution is -0.125. The first kappa shape index (κ1) is 26.9. The Balaban J connectivity index is 1.28. The van der Waals surface area contributed by atoms with Crippen LogP contribution in [0.2, 0.25) is 5.02 Å². The molecule has 1 saturated heterocycles. The summed E-state index contributed by atoms with van der Waals surface area (Å²) in [6.45, 7) is 4.43. The third kappa shape index (κ3) is 5.69. The van der Waals surface area contributed by atoms with Crippen LogP contribution in [0.4, 0.5) is 9.18 Å². The van der Waals surface area contributed by atoms with Crippen LogP contribution in [0.5, 0.6) is 5.75 Å². The molecule has 2 aliphatic carbocycles. The lowest BCUT2D eigenvalue weighted by atomic mass is 9.88. The minimum absolute atomic E-state index is 0.120. The number of carbonyl (C=O) groups is 2. The first-order valence-corrected chi connectivity index (χ1v) is 14.2. The van der Waals surface area contributed by atoms with Gasteiger partial charge in [-0.1, -0.05) is 49.1 Å². The summed E-state index contributed by atoms with van der Waals surface area (Å²) in [6, 6.07) is 9.84. The number of hydrogen-bond donors (Lipinski definition) is 0. The quantitative estimate of drug-likeness (QED) is 0.358. The number of ether oxygens (including phenoxy) is 1. The summed E-state index contributed by atoms with van der Waals surface area (Å²) in [4.78, 5) is 29.3. The second-order valence-electron chi connectivity index (χ2n) is 11.0. The molecule has 3 aliphatic rings. The number of hydrogen-bond acceptors (Lipinski definition) is 4. The molecule has 0 bridgehead atoms. The van der Waals surface area contributed by atoms with Crippen molar-refractivity contribution in [2.75, 3.05) is 33.3 Å². The van der Waals surface area contributed by atoms with Gasteiger partial charge in [0.05, 0.1) is 11.6 Å². The summed E-state index contributed by atoms with van der Waals surface area (Å²) in [5.41, 5.74) is 4.06. The number of amides is 3. The lowest BCUT2D eigenvalue weighted by Gasteiger charge is -2.34. The first-order chi connectivity index (χ1) is 18.3. The van der Waals surface area contributed by atoms with Gasteiger partial charge in [0.2, 0.25) is 5.91 Å². The van der Waals surface area contributed by atoms with Gasteiger partial charge in [-0.05, 0) is 72.9 Å². The maximum Gasteiger partial charge on any atom is 0.327 e. The van der Waals surface area contributed by atoms with E-state index in [9.17, 15) is 14.0 Å². The Morgan fingerprint density at radius 1 is 1.11 bits per heavy atom. The Labute approximate surface area is 229 Å². The van der Waals surface area contributed by atoms with E-state index in [1.807, 2.05) is 19.1 Å². The number of likely N-dealkylation sites (N-methyl/N-ethyl adjacent to an activating group) is 1. The van der Waals surface area contributed by atoms with Crippen LogP contribution in [0.1, 0.15) is 66.8 Å². The number of rotatable bonds is 9. The number of fused-ring (bicyclic) bond motifs is 1. The molecule has 0 spiro atoms. The maximum atomic E-state index is 14.8. The van der Waals surface area contributed by atoms with E-state index < -0.39 is 0 Å². The van der Waals surface area contributed by atoms with E-state index in [4.69, 9.17) is 16.3 Å². The lowest BCUT2D eigenvalue weighted by Crippen LogP contribution is -2.35. The van der Waals surface area contributed by atoms with Crippen LogP contribution in [0.3, 0.4) is 0 Å². The van der Waals surface area contributed by atoms with Gasteiger partial charge < -0.3 is 9.64 Å². The van der Waals surface area contributed by atoms with Crippen LogP contribution in [0.15, 0.2) is 30.3 Å². The molecule has 5 rings (SSSR count). The molecule has 6 nitrogen and oxygen atoms in total. The van der Waals surface area contributed by atoms with Gasteiger partial charge in [0.1, 0.15) is 24.7 Å². The highest BCUT2D eigenvalue weighted by molar-refractivity contribution is 6.30. The minimum Gasteiger partial charge on any atom is -0.491 e. The summed E-state index contributed by atoms with van der Waals surface area (Å²) in [7, 11) is 1.62. The van der Waals surface area contributed by atoms with E-state index in [2.05, 4.69) is 17.0 Å². The van der Waals surface area contributed by atoms with Crippen molar-refractivity contribution in [1.29, 1.82) is 0 Å². The zero-order chi connectivity index (χ0) is 26.8. The molecule has 3 amide bonds. The molecule has 0 aromatic heterocycles. The number of urea groups is 1. The van der Waals surface area contributed by atoms with Gasteiger partial charge in [0.15, 0.2) is 0 Å².